The van der Waals surface area contributed by atoms with Crippen molar-refractivity contribution in [2.24, 2.45) is 5.10 Å². The molecule has 0 bridgehead atoms. The van der Waals surface area contributed by atoms with E-state index in [0.717, 1.165) is 49.2 Å². The molecule has 0 radical (unpaired) electrons. The van der Waals surface area contributed by atoms with Crippen molar-refractivity contribution in [1.82, 2.24) is 9.97 Å². The molecule has 0 N–H and O–H groups in total. The topological polar surface area (TPSA) is 50.6 Å². The quantitative estimate of drug-likeness (QED) is 0.215. The van der Waals surface area contributed by atoms with E-state index in [2.05, 4.69) is 28.1 Å². The maximum atomic E-state index is 6.37. The number of aromatic nitrogens is 2. The van der Waals surface area contributed by atoms with Crippen LogP contribution >= 0.6 is 27.5 Å². The first kappa shape index (κ1) is 23.6. The Kier molecular flexibility index (Phi) is 6.37. The van der Waals surface area contributed by atoms with Crippen molar-refractivity contribution in [3.8, 4) is 17.0 Å². The molecule has 1 aliphatic heterocycles. The van der Waals surface area contributed by atoms with Crippen molar-refractivity contribution >= 4 is 50.1 Å². The zero-order valence-electron chi connectivity index (χ0n) is 20.0. The Hall–Kier alpha value is -3.74. The molecule has 4 aromatic carbocycles. The van der Waals surface area contributed by atoms with Crippen molar-refractivity contribution in [3.63, 3.8) is 0 Å². The zero-order chi connectivity index (χ0) is 25.4. The van der Waals surface area contributed by atoms with Crippen molar-refractivity contribution in [1.29, 1.82) is 0 Å². The highest BCUT2D eigenvalue weighted by atomic mass is 79.9. The molecular weight excluding hydrogens is 548 g/mol. The van der Waals surface area contributed by atoms with E-state index in [1.165, 1.54) is 0 Å². The summed E-state index contributed by atoms with van der Waals surface area (Å²) in [7, 11) is 1.68. The predicted molar refractivity (Wildman–Crippen MR) is 153 cm³/mol. The number of ether oxygens (including phenoxy) is 1. The predicted octanol–water partition coefficient (Wildman–Crippen LogP) is 8.08. The molecule has 1 aromatic heterocycles. The van der Waals surface area contributed by atoms with Gasteiger partial charge in [0.1, 0.15) is 5.75 Å². The van der Waals surface area contributed by atoms with E-state index in [0.29, 0.717) is 17.4 Å². The second kappa shape index (κ2) is 9.96. The second-order valence-corrected chi connectivity index (χ2v) is 10.1. The molecule has 2 heterocycles. The van der Waals surface area contributed by atoms with E-state index >= 15 is 0 Å². The van der Waals surface area contributed by atoms with E-state index in [9.17, 15) is 0 Å². The summed E-state index contributed by atoms with van der Waals surface area (Å²) in [6.45, 7) is 0. The molecule has 0 unspecified atom stereocenters. The van der Waals surface area contributed by atoms with Gasteiger partial charge in [0.05, 0.1) is 30.1 Å². The third-order valence-electron chi connectivity index (χ3n) is 6.46. The Morgan fingerprint density at radius 1 is 0.892 bits per heavy atom. The van der Waals surface area contributed by atoms with E-state index < -0.39 is 0 Å². The summed E-state index contributed by atoms with van der Waals surface area (Å²) in [6.07, 6.45) is 0.680. The van der Waals surface area contributed by atoms with Gasteiger partial charge in [-0.25, -0.2) is 15.0 Å². The van der Waals surface area contributed by atoms with Gasteiger partial charge in [-0.3, -0.25) is 0 Å². The number of anilines is 1. The minimum atomic E-state index is -0.0919. The third-order valence-corrected chi connectivity index (χ3v) is 7.19. The number of benzene rings is 4. The summed E-state index contributed by atoms with van der Waals surface area (Å²) in [5.41, 5.74) is 5.61. The Morgan fingerprint density at radius 3 is 2.51 bits per heavy atom. The van der Waals surface area contributed by atoms with Gasteiger partial charge in [0, 0.05) is 32.4 Å². The second-order valence-electron chi connectivity index (χ2n) is 8.77. The summed E-state index contributed by atoms with van der Waals surface area (Å²) in [4.78, 5) is 10.0. The molecule has 37 heavy (non-hydrogen) atoms. The fraction of sp³-hybridized carbons (Fsp3) is 0.100. The van der Waals surface area contributed by atoms with Crippen LogP contribution in [0.4, 0.5) is 5.95 Å². The molecule has 0 fully saturated rings. The lowest BCUT2D eigenvalue weighted by atomic mass is 9.98. The number of hydrogen-bond donors (Lipinski definition) is 0. The summed E-state index contributed by atoms with van der Waals surface area (Å²) in [6, 6.07) is 32.0. The summed E-state index contributed by atoms with van der Waals surface area (Å²) in [5, 5.41) is 8.56. The molecule has 1 atom stereocenters. The Balaban J connectivity index is 1.56. The van der Waals surface area contributed by atoms with Gasteiger partial charge in [-0.05, 0) is 48.0 Å². The van der Waals surface area contributed by atoms with E-state index in [1.807, 2.05) is 89.9 Å². The van der Waals surface area contributed by atoms with Gasteiger partial charge in [0.15, 0.2) is 0 Å². The highest BCUT2D eigenvalue weighted by Gasteiger charge is 2.33. The maximum absolute atomic E-state index is 6.37. The Labute approximate surface area is 228 Å². The monoisotopic (exact) mass is 568 g/mol. The average molecular weight is 570 g/mol. The molecule has 0 amide bonds. The number of hydrogen-bond acceptors (Lipinski definition) is 5. The largest absolute Gasteiger partial charge is 0.496 e. The number of rotatable bonds is 5. The third kappa shape index (κ3) is 4.59. The van der Waals surface area contributed by atoms with Gasteiger partial charge in [0.25, 0.3) is 0 Å². The lowest BCUT2D eigenvalue weighted by molar-refractivity contribution is 0.414. The molecule has 6 rings (SSSR count). The Morgan fingerprint density at radius 2 is 1.70 bits per heavy atom. The molecular formula is C30H22BrClN4O. The number of fused-ring (bicyclic) bond motifs is 1. The lowest BCUT2D eigenvalue weighted by Gasteiger charge is -2.23. The molecule has 182 valence electrons. The molecule has 0 spiro atoms. The molecule has 1 aliphatic rings. The minimum Gasteiger partial charge on any atom is -0.496 e. The number of methoxy groups -OCH3 is 1. The molecule has 0 aliphatic carbocycles. The van der Waals surface area contributed by atoms with Crippen LogP contribution < -0.4 is 9.75 Å². The lowest BCUT2D eigenvalue weighted by Crippen LogP contribution is -2.21. The van der Waals surface area contributed by atoms with Gasteiger partial charge < -0.3 is 4.74 Å². The van der Waals surface area contributed by atoms with Crippen molar-refractivity contribution in [2.45, 2.75) is 12.5 Å². The molecule has 0 saturated carbocycles. The zero-order valence-corrected chi connectivity index (χ0v) is 22.3. The summed E-state index contributed by atoms with van der Waals surface area (Å²) >= 11 is 10.0. The van der Waals surface area contributed by atoms with Gasteiger partial charge >= 0.3 is 0 Å². The maximum Gasteiger partial charge on any atom is 0.247 e. The summed E-state index contributed by atoms with van der Waals surface area (Å²) < 4.78 is 6.66. The van der Waals surface area contributed by atoms with Crippen LogP contribution in [0.3, 0.4) is 0 Å². The standard InChI is InChI=1S/C30H22BrClN4O/c1-37-28-13-6-5-12-23(28)26-18-27(20-10-7-11-21(31)16-20)36(35-26)30-33-25-15-14-22(32)17-24(25)29(34-30)19-8-3-2-4-9-19/h2-17,27H,18H2,1H3/t27-/m1/s1. The average Bonchev–Trinajstić information content (AvgIpc) is 3.38. The van der Waals surface area contributed by atoms with Crippen LogP contribution in [0.2, 0.25) is 5.02 Å². The van der Waals surface area contributed by atoms with Gasteiger partial charge in [0.2, 0.25) is 5.95 Å². The molecule has 0 saturated heterocycles. The van der Waals surface area contributed by atoms with Crippen LogP contribution in [0.15, 0.2) is 107 Å². The van der Waals surface area contributed by atoms with Gasteiger partial charge in [-0.2, -0.15) is 5.10 Å². The number of halogens is 2. The van der Waals surface area contributed by atoms with E-state index in [-0.39, 0.29) is 6.04 Å². The first-order valence-electron chi connectivity index (χ1n) is 11.9. The van der Waals surface area contributed by atoms with Crippen LogP contribution in [0.1, 0.15) is 23.6 Å². The van der Waals surface area contributed by atoms with E-state index in [1.54, 1.807) is 7.11 Å². The van der Waals surface area contributed by atoms with Crippen LogP contribution in [-0.4, -0.2) is 22.8 Å². The normalized spacial score (nSPS) is 15.2. The molecule has 5 nitrogen and oxygen atoms in total. The number of para-hydroxylation sites is 1. The first-order valence-corrected chi connectivity index (χ1v) is 13.1. The van der Waals surface area contributed by atoms with Crippen molar-refractivity contribution in [2.75, 3.05) is 12.1 Å². The number of hydrazone groups is 1. The van der Waals surface area contributed by atoms with Gasteiger partial charge in [-0.1, -0.05) is 82.1 Å². The van der Waals surface area contributed by atoms with Crippen LogP contribution in [-0.2, 0) is 0 Å². The minimum absolute atomic E-state index is 0.0919. The van der Waals surface area contributed by atoms with Crippen LogP contribution in [0, 0.1) is 0 Å². The fourth-order valence-electron chi connectivity index (χ4n) is 4.72. The highest BCUT2D eigenvalue weighted by Crippen LogP contribution is 2.39. The highest BCUT2D eigenvalue weighted by molar-refractivity contribution is 9.10. The van der Waals surface area contributed by atoms with Crippen LogP contribution in [0.25, 0.3) is 22.2 Å². The van der Waals surface area contributed by atoms with Crippen LogP contribution in [0.5, 0.6) is 5.75 Å². The number of nitrogens with zero attached hydrogens (tertiary/aromatic N) is 4. The Bertz CT molecular complexity index is 1640. The SMILES string of the molecule is COc1ccccc1C1=NN(c2nc(-c3ccccc3)c3cc(Cl)ccc3n2)[C@@H](c2cccc(Br)c2)C1. The summed E-state index contributed by atoms with van der Waals surface area (Å²) in [5.74, 6) is 1.32. The van der Waals surface area contributed by atoms with Gasteiger partial charge in [-0.15, -0.1) is 0 Å². The smallest absolute Gasteiger partial charge is 0.247 e. The molecule has 5 aromatic rings. The molecule has 7 heteroatoms. The van der Waals surface area contributed by atoms with Crippen molar-refractivity contribution in [3.05, 3.63) is 118 Å². The first-order chi connectivity index (χ1) is 18.1. The van der Waals surface area contributed by atoms with E-state index in [4.69, 9.17) is 31.4 Å². The fourth-order valence-corrected chi connectivity index (χ4v) is 5.31. The van der Waals surface area contributed by atoms with Crippen molar-refractivity contribution < 1.29 is 4.74 Å².